The van der Waals surface area contributed by atoms with Crippen molar-refractivity contribution in [2.45, 2.75) is 25.3 Å². The lowest BCUT2D eigenvalue weighted by molar-refractivity contribution is -0.142. The van der Waals surface area contributed by atoms with Gasteiger partial charge in [0, 0.05) is 52.5 Å². The molecule has 0 aromatic rings. The van der Waals surface area contributed by atoms with Gasteiger partial charge in [0.25, 0.3) is 0 Å². The summed E-state index contributed by atoms with van der Waals surface area (Å²) in [6, 6.07) is 0. The summed E-state index contributed by atoms with van der Waals surface area (Å²) in [7, 11) is 0. The van der Waals surface area contributed by atoms with Gasteiger partial charge in [-0.05, 0) is 19.8 Å². The van der Waals surface area contributed by atoms with Gasteiger partial charge < -0.3 is 20.1 Å². The Hall–Kier alpha value is -0.110. The molecule has 1 amide bonds. The van der Waals surface area contributed by atoms with Gasteiger partial charge in [-0.3, -0.25) is 9.69 Å². The Morgan fingerprint density at radius 1 is 1.18 bits per heavy atom. The van der Waals surface area contributed by atoms with Crippen LogP contribution >= 0.6 is 24.8 Å². The lowest BCUT2D eigenvalue weighted by Crippen LogP contribution is -2.61. The lowest BCUT2D eigenvalue weighted by atomic mass is 9.89. The van der Waals surface area contributed by atoms with E-state index in [2.05, 4.69) is 4.90 Å². The van der Waals surface area contributed by atoms with Crippen molar-refractivity contribution in [2.75, 3.05) is 59.2 Å². The maximum absolute atomic E-state index is 12.5. The first-order chi connectivity index (χ1) is 9.65. The fraction of sp³-hybridized carbons (Fsp3) is 0.929. The molecule has 0 bridgehead atoms. The van der Waals surface area contributed by atoms with Crippen molar-refractivity contribution in [3.63, 3.8) is 0 Å². The third-order valence-electron chi connectivity index (χ3n) is 4.23. The van der Waals surface area contributed by atoms with Crippen molar-refractivity contribution in [2.24, 2.45) is 5.73 Å². The van der Waals surface area contributed by atoms with Crippen LogP contribution in [0.5, 0.6) is 0 Å². The standard InChI is InChI=1S/C14H27N3O3.2ClH/c1-2-19-12-9-16-5-7-17(8-6-16)13(18)14(15)3-10-20-11-4-14;;/h2-12,15H2,1H3;2*1H. The molecule has 132 valence electrons. The molecule has 0 saturated carbocycles. The van der Waals surface area contributed by atoms with Gasteiger partial charge in [0.15, 0.2) is 0 Å². The van der Waals surface area contributed by atoms with Crippen molar-refractivity contribution in [3.8, 4) is 0 Å². The van der Waals surface area contributed by atoms with E-state index in [1.54, 1.807) is 0 Å². The molecular weight excluding hydrogens is 329 g/mol. The smallest absolute Gasteiger partial charge is 0.242 e. The van der Waals surface area contributed by atoms with Gasteiger partial charge in [0.05, 0.1) is 12.1 Å². The summed E-state index contributed by atoms with van der Waals surface area (Å²) in [5.74, 6) is 0.102. The van der Waals surface area contributed by atoms with E-state index in [0.717, 1.165) is 45.9 Å². The molecule has 0 unspecified atom stereocenters. The summed E-state index contributed by atoms with van der Waals surface area (Å²) in [5, 5.41) is 0. The number of ether oxygens (including phenoxy) is 2. The highest BCUT2D eigenvalue weighted by atomic mass is 35.5. The number of nitrogens with two attached hydrogens (primary N) is 1. The van der Waals surface area contributed by atoms with Crippen LogP contribution in [0.3, 0.4) is 0 Å². The molecule has 2 fully saturated rings. The van der Waals surface area contributed by atoms with Gasteiger partial charge in [0.2, 0.25) is 5.91 Å². The highest BCUT2D eigenvalue weighted by Crippen LogP contribution is 2.21. The van der Waals surface area contributed by atoms with Crippen LogP contribution in [0.2, 0.25) is 0 Å². The maximum atomic E-state index is 12.5. The van der Waals surface area contributed by atoms with Gasteiger partial charge in [-0.2, -0.15) is 0 Å². The summed E-state index contributed by atoms with van der Waals surface area (Å²) < 4.78 is 10.7. The molecule has 0 aromatic carbocycles. The first-order valence-electron chi connectivity index (χ1n) is 7.62. The first kappa shape index (κ1) is 21.9. The summed E-state index contributed by atoms with van der Waals surface area (Å²) in [6.45, 7) is 9.01. The fourth-order valence-electron chi connectivity index (χ4n) is 2.78. The zero-order chi connectivity index (χ0) is 14.4. The summed E-state index contributed by atoms with van der Waals surface area (Å²) in [6.07, 6.45) is 1.27. The zero-order valence-corrected chi connectivity index (χ0v) is 14.9. The highest BCUT2D eigenvalue weighted by molar-refractivity contribution is 5.86. The van der Waals surface area contributed by atoms with Crippen molar-refractivity contribution < 1.29 is 14.3 Å². The third kappa shape index (κ3) is 5.83. The largest absolute Gasteiger partial charge is 0.381 e. The van der Waals surface area contributed by atoms with E-state index < -0.39 is 5.54 Å². The Balaban J connectivity index is 0.00000220. The maximum Gasteiger partial charge on any atom is 0.242 e. The lowest BCUT2D eigenvalue weighted by Gasteiger charge is -2.40. The second kappa shape index (κ2) is 10.6. The van der Waals surface area contributed by atoms with Crippen LogP contribution in [0.4, 0.5) is 0 Å². The normalized spacial score (nSPS) is 21.6. The Morgan fingerprint density at radius 2 is 1.77 bits per heavy atom. The van der Waals surface area contributed by atoms with E-state index >= 15 is 0 Å². The van der Waals surface area contributed by atoms with Crippen LogP contribution in [-0.2, 0) is 14.3 Å². The summed E-state index contributed by atoms with van der Waals surface area (Å²) in [5.41, 5.74) is 5.56. The van der Waals surface area contributed by atoms with Crippen molar-refractivity contribution >= 4 is 30.7 Å². The quantitative estimate of drug-likeness (QED) is 0.726. The minimum atomic E-state index is -0.703. The Kier molecular flexibility index (Phi) is 10.6. The highest BCUT2D eigenvalue weighted by Gasteiger charge is 2.39. The number of hydrogen-bond donors (Lipinski definition) is 1. The van der Waals surface area contributed by atoms with Gasteiger partial charge in [0.1, 0.15) is 0 Å². The second-order valence-electron chi connectivity index (χ2n) is 5.60. The molecule has 2 aliphatic rings. The number of carbonyl (C=O) groups is 1. The molecule has 8 heteroatoms. The van der Waals surface area contributed by atoms with Crippen LogP contribution in [0.15, 0.2) is 0 Å². The fourth-order valence-corrected chi connectivity index (χ4v) is 2.78. The molecule has 22 heavy (non-hydrogen) atoms. The predicted molar refractivity (Wildman–Crippen MR) is 91.0 cm³/mol. The molecule has 2 aliphatic heterocycles. The summed E-state index contributed by atoms with van der Waals surface area (Å²) in [4.78, 5) is 16.8. The van der Waals surface area contributed by atoms with Gasteiger partial charge in [-0.25, -0.2) is 0 Å². The SMILES string of the molecule is CCOCCN1CCN(C(=O)C2(N)CCOCC2)CC1.Cl.Cl. The molecule has 0 aliphatic carbocycles. The molecule has 0 aromatic heterocycles. The number of nitrogens with zero attached hydrogens (tertiary/aromatic N) is 2. The average molecular weight is 358 g/mol. The Labute approximate surface area is 145 Å². The molecule has 2 N–H and O–H groups in total. The minimum Gasteiger partial charge on any atom is -0.381 e. The van der Waals surface area contributed by atoms with Crippen molar-refractivity contribution in [1.29, 1.82) is 0 Å². The molecule has 0 spiro atoms. The van der Waals surface area contributed by atoms with E-state index in [1.165, 1.54) is 0 Å². The number of piperazine rings is 1. The molecule has 2 rings (SSSR count). The second-order valence-corrected chi connectivity index (χ2v) is 5.60. The van der Waals surface area contributed by atoms with Crippen LogP contribution in [0, 0.1) is 0 Å². The molecule has 2 heterocycles. The van der Waals surface area contributed by atoms with E-state index in [-0.39, 0.29) is 30.7 Å². The van der Waals surface area contributed by atoms with E-state index in [0.29, 0.717) is 26.1 Å². The van der Waals surface area contributed by atoms with E-state index in [1.807, 2.05) is 11.8 Å². The van der Waals surface area contributed by atoms with Crippen molar-refractivity contribution in [1.82, 2.24) is 9.80 Å². The Bertz CT molecular complexity index is 320. The number of rotatable bonds is 5. The average Bonchev–Trinajstić information content (AvgIpc) is 2.48. The molecule has 2 saturated heterocycles. The molecule has 0 radical (unpaired) electrons. The molecular formula is C14H29Cl2N3O3. The van der Waals surface area contributed by atoms with Gasteiger partial charge in [-0.1, -0.05) is 0 Å². The van der Waals surface area contributed by atoms with Crippen LogP contribution < -0.4 is 5.73 Å². The third-order valence-corrected chi connectivity index (χ3v) is 4.23. The van der Waals surface area contributed by atoms with E-state index in [4.69, 9.17) is 15.2 Å². The first-order valence-corrected chi connectivity index (χ1v) is 7.62. The number of amides is 1. The number of hydrogen-bond acceptors (Lipinski definition) is 5. The predicted octanol–water partition coefficient (Wildman–Crippen LogP) is 0.519. The van der Waals surface area contributed by atoms with Crippen LogP contribution in [0.25, 0.3) is 0 Å². The molecule has 6 nitrogen and oxygen atoms in total. The molecule has 0 atom stereocenters. The van der Waals surface area contributed by atoms with Gasteiger partial charge >= 0.3 is 0 Å². The summed E-state index contributed by atoms with van der Waals surface area (Å²) >= 11 is 0. The minimum absolute atomic E-state index is 0. The van der Waals surface area contributed by atoms with Crippen LogP contribution in [-0.4, -0.2) is 80.4 Å². The van der Waals surface area contributed by atoms with Gasteiger partial charge in [-0.15, -0.1) is 24.8 Å². The topological polar surface area (TPSA) is 68.0 Å². The van der Waals surface area contributed by atoms with Crippen LogP contribution in [0.1, 0.15) is 19.8 Å². The number of carbonyl (C=O) groups excluding carboxylic acids is 1. The number of halogens is 2. The monoisotopic (exact) mass is 357 g/mol. The van der Waals surface area contributed by atoms with E-state index in [9.17, 15) is 4.79 Å². The van der Waals surface area contributed by atoms with Crippen molar-refractivity contribution in [3.05, 3.63) is 0 Å². The zero-order valence-electron chi connectivity index (χ0n) is 13.3. The Morgan fingerprint density at radius 3 is 2.32 bits per heavy atom.